The summed E-state index contributed by atoms with van der Waals surface area (Å²) in [5.41, 5.74) is 6.49. The zero-order valence-electron chi connectivity index (χ0n) is 7.62. The molecule has 0 heterocycles. The van der Waals surface area contributed by atoms with E-state index >= 15 is 0 Å². The molecule has 0 unspecified atom stereocenters. The Morgan fingerprint density at radius 2 is 2.29 bits per heavy atom. The molecule has 0 spiro atoms. The molecule has 0 aliphatic rings. The van der Waals surface area contributed by atoms with E-state index in [1.54, 1.807) is 18.2 Å². The monoisotopic (exact) mass is 259 g/mol. The Morgan fingerprint density at radius 1 is 1.57 bits per heavy atom. The quantitative estimate of drug-likeness (QED) is 0.511. The number of anilines is 1. The average Bonchev–Trinajstić information content (AvgIpc) is 2.18. The first kappa shape index (κ1) is 11.0. The summed E-state index contributed by atoms with van der Waals surface area (Å²) in [5.74, 6) is -0.467. The number of nitrogen functional groups attached to an aromatic ring is 1. The predicted molar refractivity (Wildman–Crippen MR) is 55.8 cm³/mol. The first-order valence-corrected chi connectivity index (χ1v) is 4.66. The molecule has 0 aromatic heterocycles. The van der Waals surface area contributed by atoms with Gasteiger partial charge in [0.1, 0.15) is 0 Å². The summed E-state index contributed by atoms with van der Waals surface area (Å²) >= 11 is 3.21. The van der Waals surface area contributed by atoms with E-state index in [0.717, 1.165) is 0 Å². The van der Waals surface area contributed by atoms with Crippen LogP contribution in [0, 0.1) is 0 Å². The molecule has 0 aliphatic heterocycles. The molecule has 14 heavy (non-hydrogen) atoms. The van der Waals surface area contributed by atoms with Crippen LogP contribution in [-0.2, 0) is 9.47 Å². The van der Waals surface area contributed by atoms with Gasteiger partial charge in [0.25, 0.3) is 0 Å². The maximum atomic E-state index is 11.4. The molecule has 0 radical (unpaired) electrons. The van der Waals surface area contributed by atoms with Crippen LogP contribution in [0.3, 0.4) is 0 Å². The number of ether oxygens (including phenoxy) is 2. The largest absolute Gasteiger partial charge is 0.435 e. The fourth-order valence-electron chi connectivity index (χ4n) is 0.898. The van der Waals surface area contributed by atoms with Gasteiger partial charge in [0.15, 0.2) is 6.79 Å². The minimum atomic E-state index is -0.467. The third-order valence-electron chi connectivity index (χ3n) is 1.56. The fraction of sp³-hybridized carbons (Fsp3) is 0.222. The van der Waals surface area contributed by atoms with Gasteiger partial charge < -0.3 is 15.2 Å². The van der Waals surface area contributed by atoms with Crippen molar-refractivity contribution in [2.75, 3.05) is 19.6 Å². The lowest BCUT2D eigenvalue weighted by molar-refractivity contribution is -0.0125. The van der Waals surface area contributed by atoms with Gasteiger partial charge in [-0.15, -0.1) is 0 Å². The maximum absolute atomic E-state index is 11.4. The molecule has 0 amide bonds. The Kier molecular flexibility index (Phi) is 3.91. The van der Waals surface area contributed by atoms with Crippen molar-refractivity contribution in [2.24, 2.45) is 0 Å². The van der Waals surface area contributed by atoms with E-state index in [2.05, 4.69) is 20.7 Å². The van der Waals surface area contributed by atoms with Gasteiger partial charge in [-0.1, -0.05) is 6.07 Å². The van der Waals surface area contributed by atoms with Gasteiger partial charge in [-0.3, -0.25) is 0 Å². The van der Waals surface area contributed by atoms with Crippen molar-refractivity contribution in [3.8, 4) is 0 Å². The standard InChI is InChI=1S/C9H10BrNO3/c1-13-5-14-9(12)6-3-2-4-7(11)8(6)10/h2-4H,5,11H2,1H3. The lowest BCUT2D eigenvalue weighted by Gasteiger charge is -2.06. The number of hydrogen-bond acceptors (Lipinski definition) is 4. The van der Waals surface area contributed by atoms with Crippen molar-refractivity contribution < 1.29 is 14.3 Å². The summed E-state index contributed by atoms with van der Waals surface area (Å²) in [6.07, 6.45) is 0. The second-order valence-corrected chi connectivity index (χ2v) is 3.34. The van der Waals surface area contributed by atoms with E-state index in [0.29, 0.717) is 15.7 Å². The molecule has 2 N–H and O–H groups in total. The van der Waals surface area contributed by atoms with Crippen LogP contribution < -0.4 is 5.73 Å². The summed E-state index contributed by atoms with van der Waals surface area (Å²) in [5, 5.41) is 0. The number of halogens is 1. The molecular formula is C9H10BrNO3. The number of carbonyl (C=O) groups is 1. The molecule has 1 aromatic rings. The number of methoxy groups -OCH3 is 1. The zero-order chi connectivity index (χ0) is 10.6. The number of nitrogens with two attached hydrogens (primary N) is 1. The average molecular weight is 260 g/mol. The number of benzene rings is 1. The van der Waals surface area contributed by atoms with Crippen molar-refractivity contribution in [1.82, 2.24) is 0 Å². The minimum absolute atomic E-state index is 0.0694. The van der Waals surface area contributed by atoms with E-state index in [1.807, 2.05) is 0 Å². The smallest absolute Gasteiger partial charge is 0.341 e. The Balaban J connectivity index is 2.84. The highest BCUT2D eigenvalue weighted by atomic mass is 79.9. The lowest BCUT2D eigenvalue weighted by atomic mass is 10.2. The first-order valence-electron chi connectivity index (χ1n) is 3.87. The molecule has 0 fully saturated rings. The molecule has 0 aliphatic carbocycles. The van der Waals surface area contributed by atoms with Gasteiger partial charge in [-0.2, -0.15) is 0 Å². The Hall–Kier alpha value is -1.07. The molecule has 76 valence electrons. The molecule has 0 atom stereocenters. The van der Waals surface area contributed by atoms with E-state index < -0.39 is 5.97 Å². The second kappa shape index (κ2) is 4.97. The van der Waals surface area contributed by atoms with E-state index in [-0.39, 0.29) is 6.79 Å². The second-order valence-electron chi connectivity index (χ2n) is 2.55. The molecule has 5 heteroatoms. The van der Waals surface area contributed by atoms with Gasteiger partial charge in [-0.25, -0.2) is 4.79 Å². The highest BCUT2D eigenvalue weighted by Crippen LogP contribution is 2.24. The Labute approximate surface area is 90.1 Å². The van der Waals surface area contributed by atoms with Crippen molar-refractivity contribution in [2.45, 2.75) is 0 Å². The summed E-state index contributed by atoms with van der Waals surface area (Å²) in [4.78, 5) is 11.4. The summed E-state index contributed by atoms with van der Waals surface area (Å²) < 4.78 is 9.92. The third-order valence-corrected chi connectivity index (χ3v) is 2.44. The van der Waals surface area contributed by atoms with Crippen LogP contribution >= 0.6 is 15.9 Å². The van der Waals surface area contributed by atoms with Crippen LogP contribution in [0.15, 0.2) is 22.7 Å². The molecular weight excluding hydrogens is 250 g/mol. The highest BCUT2D eigenvalue weighted by molar-refractivity contribution is 9.10. The maximum Gasteiger partial charge on any atom is 0.341 e. The third kappa shape index (κ3) is 2.46. The van der Waals surface area contributed by atoms with Gasteiger partial charge >= 0.3 is 5.97 Å². The molecule has 4 nitrogen and oxygen atoms in total. The van der Waals surface area contributed by atoms with Crippen LogP contribution in [0.4, 0.5) is 5.69 Å². The van der Waals surface area contributed by atoms with Gasteiger partial charge in [0.05, 0.1) is 10.0 Å². The highest BCUT2D eigenvalue weighted by Gasteiger charge is 2.12. The molecule has 0 saturated heterocycles. The van der Waals surface area contributed by atoms with Crippen molar-refractivity contribution in [1.29, 1.82) is 0 Å². The Morgan fingerprint density at radius 3 is 2.93 bits per heavy atom. The Bertz CT molecular complexity index is 341. The normalized spacial score (nSPS) is 9.86. The van der Waals surface area contributed by atoms with Crippen LogP contribution in [0.1, 0.15) is 10.4 Å². The number of rotatable bonds is 3. The first-order chi connectivity index (χ1) is 6.66. The predicted octanol–water partition coefficient (Wildman–Crippen LogP) is 1.79. The summed E-state index contributed by atoms with van der Waals surface area (Å²) in [6, 6.07) is 5.00. The number of carbonyl (C=O) groups excluding carboxylic acids is 1. The topological polar surface area (TPSA) is 61.5 Å². The van der Waals surface area contributed by atoms with E-state index in [4.69, 9.17) is 10.5 Å². The molecule has 0 saturated carbocycles. The molecule has 1 aromatic carbocycles. The molecule has 1 rings (SSSR count). The zero-order valence-corrected chi connectivity index (χ0v) is 9.21. The van der Waals surface area contributed by atoms with Crippen LogP contribution in [0.5, 0.6) is 0 Å². The van der Waals surface area contributed by atoms with E-state index in [1.165, 1.54) is 7.11 Å². The molecule has 0 bridgehead atoms. The van der Waals surface area contributed by atoms with E-state index in [9.17, 15) is 4.79 Å². The van der Waals surface area contributed by atoms with Gasteiger partial charge in [-0.05, 0) is 28.1 Å². The SMILES string of the molecule is COCOC(=O)c1cccc(N)c1Br. The number of esters is 1. The van der Waals surface area contributed by atoms with Crippen LogP contribution in [-0.4, -0.2) is 19.9 Å². The van der Waals surface area contributed by atoms with Crippen molar-refractivity contribution >= 4 is 27.6 Å². The number of hydrogen-bond donors (Lipinski definition) is 1. The van der Waals surface area contributed by atoms with Gasteiger partial charge in [0, 0.05) is 12.8 Å². The van der Waals surface area contributed by atoms with Crippen LogP contribution in [0.2, 0.25) is 0 Å². The summed E-state index contributed by atoms with van der Waals surface area (Å²) in [7, 11) is 1.45. The van der Waals surface area contributed by atoms with Crippen molar-refractivity contribution in [3.63, 3.8) is 0 Å². The minimum Gasteiger partial charge on any atom is -0.435 e. The van der Waals surface area contributed by atoms with Gasteiger partial charge in [0.2, 0.25) is 0 Å². The lowest BCUT2D eigenvalue weighted by Crippen LogP contribution is -2.08. The van der Waals surface area contributed by atoms with Crippen molar-refractivity contribution in [3.05, 3.63) is 28.2 Å². The fourth-order valence-corrected chi connectivity index (χ4v) is 1.32. The summed E-state index contributed by atoms with van der Waals surface area (Å²) in [6.45, 7) is -0.0694. The van der Waals surface area contributed by atoms with Crippen LogP contribution in [0.25, 0.3) is 0 Å².